The quantitative estimate of drug-likeness (QED) is 0.697. The number of hydrogen-bond donors (Lipinski definition) is 1. The number of carbonyl (C=O) groups is 2. The van der Waals surface area contributed by atoms with E-state index in [-0.39, 0.29) is 29.5 Å². The summed E-state index contributed by atoms with van der Waals surface area (Å²) in [6.07, 6.45) is 5.69. The third-order valence-corrected chi connectivity index (χ3v) is 9.12. The van der Waals surface area contributed by atoms with E-state index in [0.717, 1.165) is 60.6 Å². The average molecular weight is 491 g/mol. The predicted molar refractivity (Wildman–Crippen MR) is 131 cm³/mol. The van der Waals surface area contributed by atoms with Gasteiger partial charge in [-0.2, -0.15) is 0 Å². The van der Waals surface area contributed by atoms with Crippen LogP contribution in [-0.2, 0) is 22.5 Å². The molecule has 1 N–H and O–H groups in total. The molecule has 0 aromatic carbocycles. The molecular weight excluding hydrogens is 452 g/mol. The summed E-state index contributed by atoms with van der Waals surface area (Å²) in [5, 5.41) is 11.9. The molecule has 3 fully saturated rings. The van der Waals surface area contributed by atoms with Crippen molar-refractivity contribution < 1.29 is 19.4 Å². The molecule has 2 bridgehead atoms. The number of aromatic nitrogens is 1. The van der Waals surface area contributed by atoms with Crippen LogP contribution in [0.2, 0.25) is 0 Å². The summed E-state index contributed by atoms with van der Waals surface area (Å²) in [7, 11) is 0. The molecule has 2 saturated heterocycles. The number of aliphatic hydroxyl groups excluding tert-OH is 1. The van der Waals surface area contributed by atoms with Gasteiger partial charge in [0.1, 0.15) is 11.7 Å². The summed E-state index contributed by atoms with van der Waals surface area (Å²) in [6.45, 7) is 10.2. The SMILES string of the molecule is CC(C)(C)OC(=O)N1CC2CCC(C1)N2c1nc2c(s1)CN(C(=O)C(O)C1(C)CCCC1)CC2. The number of ether oxygens (including phenoxy) is 1. The van der Waals surface area contributed by atoms with Crippen molar-refractivity contribution in [3.63, 3.8) is 0 Å². The molecule has 1 saturated carbocycles. The first kappa shape index (κ1) is 23.9. The fraction of sp³-hybridized carbons (Fsp3) is 0.800. The van der Waals surface area contributed by atoms with E-state index >= 15 is 0 Å². The van der Waals surface area contributed by atoms with Crippen LogP contribution in [0.1, 0.15) is 76.8 Å². The van der Waals surface area contributed by atoms with Crippen LogP contribution in [0, 0.1) is 5.41 Å². The second-order valence-electron chi connectivity index (χ2n) is 11.8. The van der Waals surface area contributed by atoms with Crippen LogP contribution in [0.3, 0.4) is 0 Å². The number of rotatable bonds is 3. The van der Waals surface area contributed by atoms with E-state index in [0.29, 0.717) is 26.2 Å². The van der Waals surface area contributed by atoms with Gasteiger partial charge in [0, 0.05) is 48.4 Å². The number of aliphatic hydroxyl groups is 1. The highest BCUT2D eigenvalue weighted by atomic mass is 32.1. The predicted octanol–water partition coefficient (Wildman–Crippen LogP) is 3.56. The maximum atomic E-state index is 13.1. The van der Waals surface area contributed by atoms with Crippen LogP contribution < -0.4 is 4.90 Å². The number of hydrogen-bond acceptors (Lipinski definition) is 7. The Bertz CT molecular complexity index is 937. The van der Waals surface area contributed by atoms with E-state index in [9.17, 15) is 14.7 Å². The zero-order valence-electron chi connectivity index (χ0n) is 20.9. The van der Waals surface area contributed by atoms with Crippen molar-refractivity contribution in [1.82, 2.24) is 14.8 Å². The van der Waals surface area contributed by atoms with Crippen LogP contribution in [0.25, 0.3) is 0 Å². The summed E-state index contributed by atoms with van der Waals surface area (Å²) in [5.41, 5.74) is 0.302. The van der Waals surface area contributed by atoms with Gasteiger partial charge in [0.05, 0.1) is 12.2 Å². The maximum absolute atomic E-state index is 13.1. The molecule has 0 radical (unpaired) electrons. The smallest absolute Gasteiger partial charge is 0.410 e. The van der Waals surface area contributed by atoms with Crippen molar-refractivity contribution in [2.75, 3.05) is 24.5 Å². The Labute approximate surface area is 206 Å². The molecule has 1 aromatic rings. The van der Waals surface area contributed by atoms with Gasteiger partial charge in [-0.15, -0.1) is 0 Å². The average Bonchev–Trinajstić information content (AvgIpc) is 3.46. The molecule has 8 nitrogen and oxygen atoms in total. The number of carbonyl (C=O) groups excluding carboxylic acids is 2. The lowest BCUT2D eigenvalue weighted by molar-refractivity contribution is -0.147. The number of anilines is 1. The third kappa shape index (κ3) is 4.41. The molecule has 2 amide bonds. The number of thiazole rings is 1. The Morgan fingerprint density at radius 1 is 1.15 bits per heavy atom. The van der Waals surface area contributed by atoms with Gasteiger partial charge < -0.3 is 24.5 Å². The number of nitrogens with zero attached hydrogens (tertiary/aromatic N) is 4. The standard InChI is InChI=1S/C25H38N4O4S/c1-24(2,3)33-23(32)28-13-16-7-8-17(14-28)29(16)22-26-18-9-12-27(15-19(18)34-22)21(31)20(30)25(4)10-5-6-11-25/h16-17,20,30H,5-15H2,1-4H3. The Balaban J connectivity index is 1.26. The molecule has 188 valence electrons. The molecule has 5 rings (SSSR count). The Hall–Kier alpha value is -1.87. The minimum atomic E-state index is -0.916. The number of likely N-dealkylation sites (tertiary alicyclic amines) is 1. The molecule has 9 heteroatoms. The summed E-state index contributed by atoms with van der Waals surface area (Å²) >= 11 is 1.68. The molecule has 4 heterocycles. The van der Waals surface area contributed by atoms with Crippen molar-refractivity contribution in [1.29, 1.82) is 0 Å². The van der Waals surface area contributed by atoms with E-state index in [1.807, 2.05) is 30.6 Å². The lowest BCUT2D eigenvalue weighted by Crippen LogP contribution is -2.56. The minimum Gasteiger partial charge on any atom is -0.444 e. The molecule has 34 heavy (non-hydrogen) atoms. The van der Waals surface area contributed by atoms with E-state index in [2.05, 4.69) is 11.8 Å². The molecule has 3 atom stereocenters. The van der Waals surface area contributed by atoms with Gasteiger partial charge in [-0.1, -0.05) is 31.1 Å². The largest absolute Gasteiger partial charge is 0.444 e. The zero-order valence-corrected chi connectivity index (χ0v) is 21.7. The first-order chi connectivity index (χ1) is 16.0. The molecule has 1 aliphatic carbocycles. The first-order valence-electron chi connectivity index (χ1n) is 12.8. The lowest BCUT2D eigenvalue weighted by Gasteiger charge is -2.41. The van der Waals surface area contributed by atoms with Crippen molar-refractivity contribution in [2.45, 2.75) is 103 Å². The number of amides is 2. The fourth-order valence-corrected chi connectivity index (χ4v) is 7.36. The molecule has 1 aromatic heterocycles. The zero-order chi connectivity index (χ0) is 24.3. The second kappa shape index (κ2) is 8.66. The van der Waals surface area contributed by atoms with Crippen LogP contribution in [-0.4, -0.2) is 75.3 Å². The number of fused-ring (bicyclic) bond motifs is 3. The number of piperazine rings is 1. The van der Waals surface area contributed by atoms with Gasteiger partial charge in [-0.25, -0.2) is 9.78 Å². The van der Waals surface area contributed by atoms with Gasteiger partial charge in [0.25, 0.3) is 5.91 Å². The van der Waals surface area contributed by atoms with Crippen molar-refractivity contribution in [3.8, 4) is 0 Å². The van der Waals surface area contributed by atoms with Crippen LogP contribution in [0.5, 0.6) is 0 Å². The first-order valence-corrected chi connectivity index (χ1v) is 13.6. The highest BCUT2D eigenvalue weighted by molar-refractivity contribution is 7.15. The summed E-state index contributed by atoms with van der Waals surface area (Å²) < 4.78 is 5.60. The van der Waals surface area contributed by atoms with Gasteiger partial charge in [-0.05, 0) is 46.5 Å². The second-order valence-corrected chi connectivity index (χ2v) is 12.9. The monoisotopic (exact) mass is 490 g/mol. The van der Waals surface area contributed by atoms with E-state index in [1.54, 1.807) is 11.3 Å². The minimum absolute atomic E-state index is 0.129. The van der Waals surface area contributed by atoms with E-state index in [4.69, 9.17) is 9.72 Å². The van der Waals surface area contributed by atoms with Gasteiger partial charge in [0.15, 0.2) is 5.13 Å². The molecule has 4 aliphatic rings. The van der Waals surface area contributed by atoms with E-state index in [1.165, 1.54) is 0 Å². The highest BCUT2D eigenvalue weighted by Crippen LogP contribution is 2.43. The normalized spacial score (nSPS) is 27.0. The topological polar surface area (TPSA) is 86.2 Å². The summed E-state index contributed by atoms with van der Waals surface area (Å²) in [5.74, 6) is -0.129. The highest BCUT2D eigenvalue weighted by Gasteiger charge is 2.45. The summed E-state index contributed by atoms with van der Waals surface area (Å²) in [6, 6.07) is 0.501. The van der Waals surface area contributed by atoms with E-state index < -0.39 is 11.7 Å². The summed E-state index contributed by atoms with van der Waals surface area (Å²) in [4.78, 5) is 37.9. The van der Waals surface area contributed by atoms with Crippen LogP contribution in [0.4, 0.5) is 9.93 Å². The maximum Gasteiger partial charge on any atom is 0.410 e. The Morgan fingerprint density at radius 3 is 2.41 bits per heavy atom. The Kier molecular flexibility index (Phi) is 6.07. The van der Waals surface area contributed by atoms with Gasteiger partial charge in [-0.3, -0.25) is 4.79 Å². The fourth-order valence-electron chi connectivity index (χ4n) is 6.10. The molecule has 3 unspecified atom stereocenters. The molecular formula is C25H38N4O4S. The molecule has 3 aliphatic heterocycles. The molecule has 0 spiro atoms. The van der Waals surface area contributed by atoms with Gasteiger partial charge in [0.2, 0.25) is 0 Å². The van der Waals surface area contributed by atoms with Crippen molar-refractivity contribution in [2.24, 2.45) is 5.41 Å². The Morgan fingerprint density at radius 2 is 1.79 bits per heavy atom. The van der Waals surface area contributed by atoms with Crippen molar-refractivity contribution in [3.05, 3.63) is 10.6 Å². The third-order valence-electron chi connectivity index (χ3n) is 8.03. The van der Waals surface area contributed by atoms with Crippen LogP contribution in [0.15, 0.2) is 0 Å². The van der Waals surface area contributed by atoms with Gasteiger partial charge >= 0.3 is 6.09 Å². The van der Waals surface area contributed by atoms with Crippen LogP contribution >= 0.6 is 11.3 Å². The van der Waals surface area contributed by atoms with Crippen molar-refractivity contribution >= 4 is 28.5 Å². The lowest BCUT2D eigenvalue weighted by atomic mass is 9.81.